The molecular weight excluding hydrogens is 222 g/mol. The molecule has 16 heavy (non-hydrogen) atoms. The van der Waals surface area contributed by atoms with E-state index in [0.717, 1.165) is 24.8 Å². The van der Waals surface area contributed by atoms with Gasteiger partial charge < -0.3 is 9.47 Å². The Morgan fingerprint density at radius 3 is 2.88 bits per heavy atom. The van der Waals surface area contributed by atoms with Gasteiger partial charge in [-0.3, -0.25) is 0 Å². The van der Waals surface area contributed by atoms with Gasteiger partial charge in [-0.1, -0.05) is 0 Å². The van der Waals surface area contributed by atoms with Crippen LogP contribution in [0.4, 0.5) is 0 Å². The molecule has 1 aromatic rings. The maximum atomic E-state index is 5.98. The van der Waals surface area contributed by atoms with Crippen LogP contribution in [0.1, 0.15) is 18.7 Å². The minimum atomic E-state index is 0.439. The highest BCUT2D eigenvalue weighted by molar-refractivity contribution is 6.21. The topological polar surface area (TPSA) is 21.1 Å². The predicted molar refractivity (Wildman–Crippen MR) is 66.8 cm³/mol. The van der Waals surface area contributed by atoms with Crippen LogP contribution in [0.15, 0.2) is 12.4 Å². The lowest BCUT2D eigenvalue weighted by Crippen LogP contribution is -2.36. The minimum Gasteiger partial charge on any atom is -0.334 e. The first-order valence-electron chi connectivity index (χ1n) is 5.95. The number of likely N-dealkylation sites (N-methyl/N-ethyl adjacent to an activating group) is 1. The summed E-state index contributed by atoms with van der Waals surface area (Å²) >= 11 is 5.98. The molecule has 0 amide bonds. The van der Waals surface area contributed by atoms with Crippen LogP contribution < -0.4 is 0 Å². The van der Waals surface area contributed by atoms with Crippen molar-refractivity contribution in [2.24, 2.45) is 5.92 Å². The van der Waals surface area contributed by atoms with E-state index >= 15 is 0 Å². The molecule has 0 aliphatic heterocycles. The summed E-state index contributed by atoms with van der Waals surface area (Å²) < 4.78 is 2.20. The van der Waals surface area contributed by atoms with E-state index in [1.54, 1.807) is 0 Å². The van der Waals surface area contributed by atoms with Gasteiger partial charge in [-0.05, 0) is 32.7 Å². The van der Waals surface area contributed by atoms with Crippen molar-refractivity contribution in [3.05, 3.63) is 18.2 Å². The molecule has 0 bridgehead atoms. The highest BCUT2D eigenvalue weighted by atomic mass is 35.5. The molecular formula is C12H20ClN3. The molecule has 1 fully saturated rings. The molecule has 2 rings (SSSR count). The molecule has 1 aliphatic rings. The number of rotatable bonds is 5. The normalized spacial score (nSPS) is 24.8. The van der Waals surface area contributed by atoms with Crippen molar-refractivity contribution in [2.75, 3.05) is 20.1 Å². The van der Waals surface area contributed by atoms with Gasteiger partial charge in [0, 0.05) is 37.4 Å². The van der Waals surface area contributed by atoms with E-state index in [-0.39, 0.29) is 0 Å². The molecule has 0 spiro atoms. The zero-order valence-electron chi connectivity index (χ0n) is 10.1. The Balaban J connectivity index is 1.68. The quantitative estimate of drug-likeness (QED) is 0.737. The number of hydrogen-bond donors (Lipinski definition) is 0. The van der Waals surface area contributed by atoms with Gasteiger partial charge in [0.1, 0.15) is 5.82 Å². The van der Waals surface area contributed by atoms with Crippen molar-refractivity contribution in [1.82, 2.24) is 14.5 Å². The smallest absolute Gasteiger partial charge is 0.105 e. The number of hydrogen-bond acceptors (Lipinski definition) is 2. The summed E-state index contributed by atoms with van der Waals surface area (Å²) in [4.78, 5) is 6.62. The maximum Gasteiger partial charge on any atom is 0.105 e. The van der Waals surface area contributed by atoms with E-state index in [1.165, 1.54) is 19.4 Å². The molecule has 0 N–H and O–H groups in total. The molecule has 0 aromatic carbocycles. The average molecular weight is 242 g/mol. The molecule has 1 aliphatic carbocycles. The molecule has 3 nitrogen and oxygen atoms in total. The van der Waals surface area contributed by atoms with Crippen LogP contribution in [0.25, 0.3) is 0 Å². The number of halogens is 1. The van der Waals surface area contributed by atoms with Crippen LogP contribution >= 0.6 is 11.6 Å². The number of aromatic nitrogens is 2. The second-order valence-electron chi connectivity index (χ2n) is 4.86. The Labute approximate surface area is 102 Å². The van der Waals surface area contributed by atoms with Crippen molar-refractivity contribution in [1.29, 1.82) is 0 Å². The van der Waals surface area contributed by atoms with E-state index in [2.05, 4.69) is 21.5 Å². The molecule has 0 radical (unpaired) electrons. The minimum absolute atomic E-state index is 0.439. The number of imidazole rings is 1. The summed E-state index contributed by atoms with van der Waals surface area (Å²) in [5, 5.41) is 0.439. The maximum absolute atomic E-state index is 5.98. The van der Waals surface area contributed by atoms with Crippen molar-refractivity contribution in [3.63, 3.8) is 0 Å². The Bertz CT molecular complexity index is 331. The molecule has 0 unspecified atom stereocenters. The van der Waals surface area contributed by atoms with Crippen LogP contribution in [0.5, 0.6) is 0 Å². The van der Waals surface area contributed by atoms with Crippen molar-refractivity contribution in [2.45, 2.75) is 31.7 Å². The monoisotopic (exact) mass is 241 g/mol. The zero-order valence-corrected chi connectivity index (χ0v) is 10.8. The Morgan fingerprint density at radius 1 is 1.56 bits per heavy atom. The summed E-state index contributed by atoms with van der Waals surface area (Å²) in [6.45, 7) is 5.33. The second-order valence-corrected chi connectivity index (χ2v) is 5.48. The molecule has 90 valence electrons. The molecule has 1 aromatic heterocycles. The van der Waals surface area contributed by atoms with Gasteiger partial charge in [0.15, 0.2) is 0 Å². The van der Waals surface area contributed by atoms with E-state index in [1.807, 2.05) is 19.3 Å². The molecule has 0 atom stereocenters. The van der Waals surface area contributed by atoms with E-state index in [0.29, 0.717) is 5.38 Å². The average Bonchev–Trinajstić information content (AvgIpc) is 2.59. The number of nitrogens with zero attached hydrogens (tertiary/aromatic N) is 3. The molecule has 4 heteroatoms. The van der Waals surface area contributed by atoms with Crippen molar-refractivity contribution >= 4 is 11.6 Å². The van der Waals surface area contributed by atoms with Gasteiger partial charge in [0.2, 0.25) is 0 Å². The third-order valence-corrected chi connectivity index (χ3v) is 3.75. The molecule has 1 saturated carbocycles. The third-order valence-electron chi connectivity index (χ3n) is 3.39. The number of alkyl halides is 1. The van der Waals surface area contributed by atoms with Gasteiger partial charge >= 0.3 is 0 Å². The molecule has 0 saturated heterocycles. The summed E-state index contributed by atoms with van der Waals surface area (Å²) in [5.74, 6) is 1.91. The predicted octanol–water partition coefficient (Wildman–Crippen LogP) is 2.14. The Kier molecular flexibility index (Phi) is 3.87. The third kappa shape index (κ3) is 2.98. The first-order valence-corrected chi connectivity index (χ1v) is 6.39. The van der Waals surface area contributed by atoms with Crippen LogP contribution in [-0.2, 0) is 6.54 Å². The van der Waals surface area contributed by atoms with Gasteiger partial charge in [0.25, 0.3) is 0 Å². The highest BCUT2D eigenvalue weighted by Gasteiger charge is 2.27. The van der Waals surface area contributed by atoms with Crippen molar-refractivity contribution < 1.29 is 0 Å². The van der Waals surface area contributed by atoms with Crippen molar-refractivity contribution in [3.8, 4) is 0 Å². The zero-order chi connectivity index (χ0) is 11.5. The van der Waals surface area contributed by atoms with Crippen LogP contribution in [-0.4, -0.2) is 40.0 Å². The molecule has 1 heterocycles. The summed E-state index contributed by atoms with van der Waals surface area (Å²) in [6.07, 6.45) is 6.28. The van der Waals surface area contributed by atoms with Gasteiger partial charge in [-0.25, -0.2) is 4.98 Å². The lowest BCUT2D eigenvalue weighted by atomic mass is 9.84. The van der Waals surface area contributed by atoms with Crippen LogP contribution in [0, 0.1) is 12.8 Å². The van der Waals surface area contributed by atoms with E-state index < -0.39 is 0 Å². The highest BCUT2D eigenvalue weighted by Crippen LogP contribution is 2.32. The summed E-state index contributed by atoms with van der Waals surface area (Å²) in [7, 11) is 2.19. The van der Waals surface area contributed by atoms with Gasteiger partial charge in [-0.15, -0.1) is 11.6 Å². The summed E-state index contributed by atoms with van der Waals surface area (Å²) in [6, 6.07) is 0. The fourth-order valence-electron chi connectivity index (χ4n) is 2.25. The SMILES string of the molecule is Cc1nccn1CCN(C)CC1CC(Cl)C1. The first-order chi connectivity index (χ1) is 7.65. The summed E-state index contributed by atoms with van der Waals surface area (Å²) in [5.41, 5.74) is 0. The van der Waals surface area contributed by atoms with Gasteiger partial charge in [0.05, 0.1) is 0 Å². The first kappa shape index (κ1) is 11.9. The lowest BCUT2D eigenvalue weighted by molar-refractivity contribution is 0.204. The Morgan fingerprint density at radius 2 is 2.31 bits per heavy atom. The van der Waals surface area contributed by atoms with Crippen LogP contribution in [0.3, 0.4) is 0 Å². The standard InChI is InChI=1S/C12H20ClN3/c1-10-14-3-4-16(10)6-5-15(2)9-11-7-12(13)8-11/h3-4,11-12H,5-9H2,1-2H3. The second kappa shape index (κ2) is 5.19. The number of aryl methyl sites for hydroxylation is 1. The van der Waals surface area contributed by atoms with Gasteiger partial charge in [-0.2, -0.15) is 0 Å². The Hall–Kier alpha value is -0.540. The fraction of sp³-hybridized carbons (Fsp3) is 0.750. The van der Waals surface area contributed by atoms with E-state index in [9.17, 15) is 0 Å². The van der Waals surface area contributed by atoms with E-state index in [4.69, 9.17) is 11.6 Å². The lowest BCUT2D eigenvalue weighted by Gasteiger charge is -2.34. The van der Waals surface area contributed by atoms with Crippen LogP contribution in [0.2, 0.25) is 0 Å². The largest absolute Gasteiger partial charge is 0.334 e. The fourth-order valence-corrected chi connectivity index (χ4v) is 2.76.